The van der Waals surface area contributed by atoms with Gasteiger partial charge in [0.25, 0.3) is 0 Å². The van der Waals surface area contributed by atoms with E-state index in [4.69, 9.17) is 5.11 Å². The van der Waals surface area contributed by atoms with E-state index in [0.717, 1.165) is 9.78 Å². The first kappa shape index (κ1) is 14.3. The number of alkyl halides is 3. The van der Waals surface area contributed by atoms with Gasteiger partial charge in [-0.15, -0.1) is 11.3 Å². The second-order valence-electron chi connectivity index (χ2n) is 4.34. The number of halogens is 3. The summed E-state index contributed by atoms with van der Waals surface area (Å²) < 4.78 is 37.0. The molecule has 0 spiro atoms. The van der Waals surface area contributed by atoms with Crippen molar-refractivity contribution in [2.45, 2.75) is 24.7 Å². The number of carbonyl (C=O) groups is 1. The van der Waals surface area contributed by atoms with E-state index in [1.165, 1.54) is 11.3 Å². The van der Waals surface area contributed by atoms with Crippen molar-refractivity contribution in [1.82, 2.24) is 4.90 Å². The fourth-order valence-electron chi connectivity index (χ4n) is 2.18. The van der Waals surface area contributed by atoms with Crippen LogP contribution in [0.2, 0.25) is 0 Å². The van der Waals surface area contributed by atoms with Gasteiger partial charge in [-0.05, 0) is 23.4 Å². The molecule has 0 radical (unpaired) electrons. The van der Waals surface area contributed by atoms with Crippen molar-refractivity contribution >= 4 is 17.3 Å². The fraction of sp³-hybridized carbons (Fsp3) is 0.545. The number of nitrogens with zero attached hydrogens (tertiary/aromatic N) is 1. The molecular weight excluding hydrogens is 283 g/mol. The molecule has 0 saturated heterocycles. The van der Waals surface area contributed by atoms with E-state index in [1.807, 2.05) is 0 Å². The Kier molecular flexibility index (Phi) is 3.84. The SMILES string of the molecule is O=C(O)C1c2ccsc2CCN1CC(O)C(F)(F)F. The Morgan fingerprint density at radius 3 is 2.84 bits per heavy atom. The first-order chi connectivity index (χ1) is 8.80. The molecule has 4 nitrogen and oxygen atoms in total. The highest BCUT2D eigenvalue weighted by Gasteiger charge is 2.42. The third-order valence-corrected chi connectivity index (χ3v) is 4.08. The Balaban J connectivity index is 2.20. The van der Waals surface area contributed by atoms with Crippen LogP contribution in [0.25, 0.3) is 0 Å². The van der Waals surface area contributed by atoms with Crippen LogP contribution in [0.5, 0.6) is 0 Å². The first-order valence-electron chi connectivity index (χ1n) is 5.58. The molecule has 2 heterocycles. The van der Waals surface area contributed by atoms with E-state index in [-0.39, 0.29) is 6.54 Å². The third kappa shape index (κ3) is 2.90. The van der Waals surface area contributed by atoms with Gasteiger partial charge in [-0.25, -0.2) is 0 Å². The van der Waals surface area contributed by atoms with Gasteiger partial charge in [0.2, 0.25) is 0 Å². The highest BCUT2D eigenvalue weighted by atomic mass is 32.1. The summed E-state index contributed by atoms with van der Waals surface area (Å²) in [6.45, 7) is -0.534. The van der Waals surface area contributed by atoms with Crippen LogP contribution in [-0.4, -0.2) is 46.5 Å². The number of fused-ring (bicyclic) bond motifs is 1. The number of carboxylic acids is 1. The molecule has 0 fully saturated rings. The van der Waals surface area contributed by atoms with Crippen LogP contribution >= 0.6 is 11.3 Å². The number of thiophene rings is 1. The number of β-amino-alcohol motifs (C(OH)–C–C–N with tert-alkyl or cyclic N) is 1. The number of carboxylic acid groups (broad SMARTS) is 1. The summed E-state index contributed by atoms with van der Waals surface area (Å²) in [4.78, 5) is 13.3. The molecule has 106 valence electrons. The quantitative estimate of drug-likeness (QED) is 0.890. The molecule has 1 aromatic heterocycles. The monoisotopic (exact) mass is 295 g/mol. The third-order valence-electron chi connectivity index (χ3n) is 3.08. The minimum absolute atomic E-state index is 0.192. The van der Waals surface area contributed by atoms with Crippen molar-refractivity contribution in [2.75, 3.05) is 13.1 Å². The molecule has 1 aromatic rings. The Morgan fingerprint density at radius 2 is 2.26 bits per heavy atom. The lowest BCUT2D eigenvalue weighted by molar-refractivity contribution is -0.210. The number of rotatable bonds is 3. The van der Waals surface area contributed by atoms with Gasteiger partial charge in [0, 0.05) is 18.0 Å². The molecule has 8 heteroatoms. The average Bonchev–Trinajstić information content (AvgIpc) is 2.74. The predicted molar refractivity (Wildman–Crippen MR) is 62.0 cm³/mol. The van der Waals surface area contributed by atoms with E-state index in [1.54, 1.807) is 11.4 Å². The topological polar surface area (TPSA) is 60.8 Å². The number of aliphatic hydroxyl groups is 1. The number of aliphatic hydroxyl groups excluding tert-OH is 1. The molecule has 0 aromatic carbocycles. The summed E-state index contributed by atoms with van der Waals surface area (Å²) in [5.74, 6) is -1.20. The van der Waals surface area contributed by atoms with E-state index in [9.17, 15) is 23.1 Å². The first-order valence-corrected chi connectivity index (χ1v) is 6.46. The van der Waals surface area contributed by atoms with Crippen LogP contribution in [0.15, 0.2) is 11.4 Å². The van der Waals surface area contributed by atoms with Crippen molar-refractivity contribution in [3.63, 3.8) is 0 Å². The molecule has 2 N–H and O–H groups in total. The Labute approximate surface area is 111 Å². The molecule has 1 aliphatic rings. The minimum Gasteiger partial charge on any atom is -0.480 e. The summed E-state index contributed by atoms with van der Waals surface area (Å²) in [6.07, 6.45) is -6.77. The fourth-order valence-corrected chi connectivity index (χ4v) is 3.08. The molecule has 19 heavy (non-hydrogen) atoms. The van der Waals surface area contributed by atoms with Crippen LogP contribution in [0.4, 0.5) is 13.2 Å². The number of hydrogen-bond acceptors (Lipinski definition) is 4. The highest BCUT2D eigenvalue weighted by Crippen LogP contribution is 2.34. The van der Waals surface area contributed by atoms with E-state index in [2.05, 4.69) is 0 Å². The molecule has 2 unspecified atom stereocenters. The second kappa shape index (κ2) is 5.10. The Hall–Kier alpha value is -1.12. The largest absolute Gasteiger partial charge is 0.480 e. The smallest absolute Gasteiger partial charge is 0.415 e. The van der Waals surface area contributed by atoms with E-state index < -0.39 is 30.8 Å². The van der Waals surface area contributed by atoms with Crippen LogP contribution in [0.3, 0.4) is 0 Å². The molecule has 0 bridgehead atoms. The van der Waals surface area contributed by atoms with Gasteiger partial charge >= 0.3 is 12.1 Å². The average molecular weight is 295 g/mol. The van der Waals surface area contributed by atoms with Gasteiger partial charge in [-0.1, -0.05) is 0 Å². The lowest BCUT2D eigenvalue weighted by Crippen LogP contribution is -2.47. The molecular formula is C11H12F3NO3S. The standard InChI is InChI=1S/C11H12F3NO3S/c12-11(13,14)8(16)5-15-3-1-7-6(2-4-19-7)9(15)10(17)18/h2,4,8-9,16H,1,3,5H2,(H,17,18). The minimum atomic E-state index is -4.74. The van der Waals surface area contributed by atoms with Crippen molar-refractivity contribution in [3.8, 4) is 0 Å². The summed E-state index contributed by atoms with van der Waals surface area (Å²) in [7, 11) is 0. The zero-order valence-corrected chi connectivity index (χ0v) is 10.5. The molecule has 2 rings (SSSR count). The molecule has 1 aliphatic heterocycles. The Morgan fingerprint density at radius 1 is 1.58 bits per heavy atom. The zero-order valence-electron chi connectivity index (χ0n) is 9.72. The van der Waals surface area contributed by atoms with Crippen molar-refractivity contribution in [3.05, 3.63) is 21.9 Å². The lowest BCUT2D eigenvalue weighted by atomic mass is 9.99. The normalized spacial score (nSPS) is 22.0. The zero-order chi connectivity index (χ0) is 14.2. The maximum atomic E-state index is 12.3. The van der Waals surface area contributed by atoms with Gasteiger partial charge < -0.3 is 10.2 Å². The van der Waals surface area contributed by atoms with Gasteiger partial charge in [-0.2, -0.15) is 13.2 Å². The van der Waals surface area contributed by atoms with Gasteiger partial charge in [0.15, 0.2) is 6.10 Å². The number of hydrogen-bond donors (Lipinski definition) is 2. The molecule has 0 aliphatic carbocycles. The van der Waals surface area contributed by atoms with Crippen LogP contribution in [-0.2, 0) is 11.2 Å². The van der Waals surface area contributed by atoms with Crippen molar-refractivity contribution in [2.24, 2.45) is 0 Å². The van der Waals surface area contributed by atoms with Gasteiger partial charge in [-0.3, -0.25) is 9.69 Å². The van der Waals surface area contributed by atoms with Crippen LogP contribution in [0.1, 0.15) is 16.5 Å². The van der Waals surface area contributed by atoms with Gasteiger partial charge in [0.1, 0.15) is 6.04 Å². The second-order valence-corrected chi connectivity index (χ2v) is 5.34. The molecule has 0 amide bonds. The van der Waals surface area contributed by atoms with Crippen molar-refractivity contribution in [1.29, 1.82) is 0 Å². The number of aliphatic carboxylic acids is 1. The maximum absolute atomic E-state index is 12.3. The molecule has 0 saturated carbocycles. The van der Waals surface area contributed by atoms with Crippen LogP contribution in [0, 0.1) is 0 Å². The van der Waals surface area contributed by atoms with Gasteiger partial charge in [0.05, 0.1) is 0 Å². The Bertz CT molecular complexity index is 474. The lowest BCUT2D eigenvalue weighted by Gasteiger charge is -2.34. The van der Waals surface area contributed by atoms with E-state index in [0.29, 0.717) is 12.0 Å². The summed E-state index contributed by atoms with van der Waals surface area (Å²) >= 11 is 1.40. The van der Waals surface area contributed by atoms with Crippen molar-refractivity contribution < 1.29 is 28.2 Å². The predicted octanol–water partition coefficient (Wildman–Crippen LogP) is 1.66. The maximum Gasteiger partial charge on any atom is 0.415 e. The summed E-state index contributed by atoms with van der Waals surface area (Å²) in [6, 6.07) is 0.497. The highest BCUT2D eigenvalue weighted by molar-refractivity contribution is 7.10. The summed E-state index contributed by atoms with van der Waals surface area (Å²) in [5.41, 5.74) is 0.526. The molecule has 2 atom stereocenters. The summed E-state index contributed by atoms with van der Waals surface area (Å²) in [5, 5.41) is 20.0. The van der Waals surface area contributed by atoms with Crippen LogP contribution < -0.4 is 0 Å². The van der Waals surface area contributed by atoms with E-state index >= 15 is 0 Å².